The Hall–Kier alpha value is -1.27. The van der Waals surface area contributed by atoms with Crippen LogP contribution in [0.3, 0.4) is 0 Å². The number of hydrogen-bond acceptors (Lipinski definition) is 4. The summed E-state index contributed by atoms with van der Waals surface area (Å²) < 4.78 is 5.60. The number of ether oxygens (including phenoxy) is 1. The van der Waals surface area contributed by atoms with E-state index in [2.05, 4.69) is 15.3 Å². The molecule has 0 atom stereocenters. The van der Waals surface area contributed by atoms with Gasteiger partial charge in [-0.3, -0.25) is 0 Å². The Balaban J connectivity index is 1.86. The van der Waals surface area contributed by atoms with Crippen molar-refractivity contribution in [1.29, 1.82) is 0 Å². The maximum Gasteiger partial charge on any atom is 0.404 e. The van der Waals surface area contributed by atoms with E-state index in [1.165, 1.54) is 6.07 Å². The van der Waals surface area contributed by atoms with Crippen LogP contribution in [-0.4, -0.2) is 33.3 Å². The number of carbonyl (C=O) groups is 1. The fourth-order valence-electron chi connectivity index (χ4n) is 2.07. The standard InChI is InChI=1S/C11H13Cl2N3O3/c12-8-5-9(13)16-10(15-8)19-7-3-1-6(2-4-7)14-11(17)18/h5-7,14H,1-4H2,(H,17,18)/t6-,7-. The van der Waals surface area contributed by atoms with Crippen molar-refractivity contribution in [2.45, 2.75) is 37.8 Å². The van der Waals surface area contributed by atoms with Crippen molar-refractivity contribution in [3.8, 4) is 6.01 Å². The van der Waals surface area contributed by atoms with Crippen LogP contribution >= 0.6 is 23.2 Å². The first-order chi connectivity index (χ1) is 9.02. The molecule has 1 aliphatic carbocycles. The lowest BCUT2D eigenvalue weighted by Crippen LogP contribution is -2.39. The molecule has 19 heavy (non-hydrogen) atoms. The number of rotatable bonds is 3. The molecule has 2 rings (SSSR count). The van der Waals surface area contributed by atoms with Crippen LogP contribution in [0, 0.1) is 0 Å². The summed E-state index contributed by atoms with van der Waals surface area (Å²) in [7, 11) is 0. The van der Waals surface area contributed by atoms with E-state index >= 15 is 0 Å². The highest BCUT2D eigenvalue weighted by molar-refractivity contribution is 6.33. The zero-order valence-electron chi connectivity index (χ0n) is 9.97. The van der Waals surface area contributed by atoms with E-state index in [-0.39, 0.29) is 28.5 Å². The van der Waals surface area contributed by atoms with E-state index in [9.17, 15) is 4.79 Å². The second-order valence-electron chi connectivity index (χ2n) is 4.34. The quantitative estimate of drug-likeness (QED) is 0.839. The zero-order valence-corrected chi connectivity index (χ0v) is 11.5. The molecule has 104 valence electrons. The predicted molar refractivity (Wildman–Crippen MR) is 69.9 cm³/mol. The van der Waals surface area contributed by atoms with E-state index in [1.807, 2.05) is 0 Å². The molecule has 0 unspecified atom stereocenters. The minimum Gasteiger partial charge on any atom is -0.465 e. The number of amides is 1. The summed E-state index contributed by atoms with van der Waals surface area (Å²) >= 11 is 11.5. The fraction of sp³-hybridized carbons (Fsp3) is 0.545. The second kappa shape index (κ2) is 6.25. The fourth-order valence-corrected chi connectivity index (χ4v) is 2.48. The normalized spacial score (nSPS) is 22.8. The molecule has 1 aliphatic rings. The van der Waals surface area contributed by atoms with Crippen molar-refractivity contribution in [1.82, 2.24) is 15.3 Å². The summed E-state index contributed by atoms with van der Waals surface area (Å²) in [5, 5.41) is 11.6. The van der Waals surface area contributed by atoms with Crippen LogP contribution in [0.15, 0.2) is 6.07 Å². The van der Waals surface area contributed by atoms with Crippen molar-refractivity contribution in [3.63, 3.8) is 0 Å². The molecule has 2 N–H and O–H groups in total. The molecule has 1 aromatic rings. The molecule has 0 aromatic carbocycles. The van der Waals surface area contributed by atoms with Gasteiger partial charge in [0.1, 0.15) is 16.4 Å². The number of carboxylic acid groups (broad SMARTS) is 1. The summed E-state index contributed by atoms with van der Waals surface area (Å²) in [4.78, 5) is 18.4. The lowest BCUT2D eigenvalue weighted by atomic mass is 9.93. The molecule has 8 heteroatoms. The highest BCUT2D eigenvalue weighted by Gasteiger charge is 2.24. The van der Waals surface area contributed by atoms with Crippen LogP contribution in [0.5, 0.6) is 6.01 Å². The lowest BCUT2D eigenvalue weighted by Gasteiger charge is -2.28. The first-order valence-electron chi connectivity index (χ1n) is 5.89. The summed E-state index contributed by atoms with van der Waals surface area (Å²) in [5.74, 6) is 0. The van der Waals surface area contributed by atoms with Crippen molar-refractivity contribution < 1.29 is 14.6 Å². The molecule has 1 aromatic heterocycles. The summed E-state index contributed by atoms with van der Waals surface area (Å²) in [6, 6.07) is 1.58. The Morgan fingerprint density at radius 1 is 1.26 bits per heavy atom. The number of nitrogens with zero attached hydrogens (tertiary/aromatic N) is 2. The van der Waals surface area contributed by atoms with Crippen LogP contribution in [0.4, 0.5) is 4.79 Å². The van der Waals surface area contributed by atoms with E-state index in [1.54, 1.807) is 0 Å². The average molecular weight is 306 g/mol. The van der Waals surface area contributed by atoms with Gasteiger partial charge in [-0.2, -0.15) is 9.97 Å². The Morgan fingerprint density at radius 2 is 1.84 bits per heavy atom. The van der Waals surface area contributed by atoms with Crippen molar-refractivity contribution in [2.24, 2.45) is 0 Å². The van der Waals surface area contributed by atoms with Crippen LogP contribution in [0.25, 0.3) is 0 Å². The Bertz CT molecular complexity index is 444. The van der Waals surface area contributed by atoms with Gasteiger partial charge in [0.15, 0.2) is 0 Å². The van der Waals surface area contributed by atoms with Crippen molar-refractivity contribution in [2.75, 3.05) is 0 Å². The molecule has 0 saturated heterocycles. The number of hydrogen-bond donors (Lipinski definition) is 2. The summed E-state index contributed by atoms with van der Waals surface area (Å²) in [6.07, 6.45) is 1.89. The molecular weight excluding hydrogens is 293 g/mol. The van der Waals surface area contributed by atoms with E-state index in [0.717, 1.165) is 25.7 Å². The second-order valence-corrected chi connectivity index (χ2v) is 5.11. The monoisotopic (exact) mass is 305 g/mol. The summed E-state index contributed by atoms with van der Waals surface area (Å²) in [5.41, 5.74) is 0. The Kier molecular flexibility index (Phi) is 4.66. The molecule has 0 bridgehead atoms. The van der Waals surface area contributed by atoms with Gasteiger partial charge in [0, 0.05) is 12.1 Å². The van der Waals surface area contributed by atoms with E-state index in [0.29, 0.717) is 0 Å². The minimum absolute atomic E-state index is 0.0128. The molecule has 0 aliphatic heterocycles. The third-order valence-corrected chi connectivity index (χ3v) is 3.30. The molecule has 1 amide bonds. The van der Waals surface area contributed by atoms with Gasteiger partial charge >= 0.3 is 12.1 Å². The van der Waals surface area contributed by atoms with Crippen LogP contribution < -0.4 is 10.1 Å². The van der Waals surface area contributed by atoms with Gasteiger partial charge in [-0.05, 0) is 25.7 Å². The third-order valence-electron chi connectivity index (χ3n) is 2.92. The van der Waals surface area contributed by atoms with Crippen LogP contribution in [-0.2, 0) is 0 Å². The van der Waals surface area contributed by atoms with Crippen LogP contribution in [0.2, 0.25) is 10.3 Å². The molecule has 0 spiro atoms. The molecule has 1 fully saturated rings. The molecule has 0 radical (unpaired) electrons. The zero-order chi connectivity index (χ0) is 13.8. The van der Waals surface area contributed by atoms with Crippen LogP contribution in [0.1, 0.15) is 25.7 Å². The average Bonchev–Trinajstić information content (AvgIpc) is 2.29. The lowest BCUT2D eigenvalue weighted by molar-refractivity contribution is 0.124. The number of nitrogens with one attached hydrogen (secondary N) is 1. The number of halogens is 2. The summed E-state index contributed by atoms with van der Waals surface area (Å²) in [6.45, 7) is 0. The Labute approximate surface area is 120 Å². The topological polar surface area (TPSA) is 84.3 Å². The highest BCUT2D eigenvalue weighted by atomic mass is 35.5. The minimum atomic E-state index is -0.991. The van der Waals surface area contributed by atoms with Gasteiger partial charge in [-0.15, -0.1) is 0 Å². The van der Waals surface area contributed by atoms with Gasteiger partial charge in [-0.25, -0.2) is 4.79 Å². The maximum absolute atomic E-state index is 10.5. The molecule has 1 saturated carbocycles. The maximum atomic E-state index is 10.5. The largest absolute Gasteiger partial charge is 0.465 e. The predicted octanol–water partition coefficient (Wildman–Crippen LogP) is 2.74. The first-order valence-corrected chi connectivity index (χ1v) is 6.64. The van der Waals surface area contributed by atoms with Crippen molar-refractivity contribution in [3.05, 3.63) is 16.4 Å². The van der Waals surface area contributed by atoms with E-state index in [4.69, 9.17) is 33.0 Å². The third kappa shape index (κ3) is 4.40. The smallest absolute Gasteiger partial charge is 0.404 e. The van der Waals surface area contributed by atoms with Gasteiger partial charge in [0.25, 0.3) is 0 Å². The molecule has 6 nitrogen and oxygen atoms in total. The Morgan fingerprint density at radius 3 is 2.37 bits per heavy atom. The van der Waals surface area contributed by atoms with Crippen molar-refractivity contribution >= 4 is 29.3 Å². The van der Waals surface area contributed by atoms with Gasteiger partial charge in [-0.1, -0.05) is 23.2 Å². The van der Waals surface area contributed by atoms with Gasteiger partial charge in [0.05, 0.1) is 0 Å². The number of aromatic nitrogens is 2. The highest BCUT2D eigenvalue weighted by Crippen LogP contribution is 2.23. The molecule has 1 heterocycles. The first kappa shape index (κ1) is 14.1. The van der Waals surface area contributed by atoms with E-state index < -0.39 is 6.09 Å². The van der Waals surface area contributed by atoms with Gasteiger partial charge < -0.3 is 15.2 Å². The molecular formula is C11H13Cl2N3O3. The van der Waals surface area contributed by atoms with Gasteiger partial charge in [0.2, 0.25) is 0 Å². The SMILES string of the molecule is O=C(O)N[C@H]1CC[C@H](Oc2nc(Cl)cc(Cl)n2)CC1.